The fraction of sp³-hybridized carbons (Fsp3) is 0.700. The van der Waals surface area contributed by atoms with Gasteiger partial charge in [-0.2, -0.15) is 0 Å². The lowest BCUT2D eigenvalue weighted by Gasteiger charge is -2.21. The summed E-state index contributed by atoms with van der Waals surface area (Å²) >= 11 is 0. The number of esters is 6. The van der Waals surface area contributed by atoms with Gasteiger partial charge in [-0.25, -0.2) is 0 Å². The Morgan fingerprint density at radius 3 is 1.21 bits per heavy atom. The summed E-state index contributed by atoms with van der Waals surface area (Å²) in [6.07, 6.45) is -7.82. The third kappa shape index (κ3) is 24.6. The summed E-state index contributed by atoms with van der Waals surface area (Å²) in [5, 5.41) is 10.1. The summed E-state index contributed by atoms with van der Waals surface area (Å²) in [6.45, 7) is 5.99. The van der Waals surface area contributed by atoms with Gasteiger partial charge in [-0.15, -0.1) is 0 Å². The molecule has 0 aromatic carbocycles. The second-order valence-corrected chi connectivity index (χ2v) is 10.8. The summed E-state index contributed by atoms with van der Waals surface area (Å²) in [6, 6.07) is 0. The highest BCUT2D eigenvalue weighted by Gasteiger charge is 2.24. The number of carbonyl (C=O) groups is 9. The highest BCUT2D eigenvalue weighted by atomic mass is 16.6. The van der Waals surface area contributed by atoms with Gasteiger partial charge in [0.25, 0.3) is 0 Å². The van der Waals surface area contributed by atoms with E-state index < -0.39 is 136 Å². The lowest BCUT2D eigenvalue weighted by atomic mass is 10.2. The molecule has 1 N–H and O–H groups in total. The van der Waals surface area contributed by atoms with Gasteiger partial charge >= 0.3 is 35.8 Å². The van der Waals surface area contributed by atoms with E-state index in [0.29, 0.717) is 0 Å². The van der Waals surface area contributed by atoms with Crippen LogP contribution in [0, 0.1) is 0 Å². The molecule has 0 aromatic heterocycles. The van der Waals surface area contributed by atoms with Crippen LogP contribution in [-0.2, 0) is 76.3 Å². The smallest absolute Gasteiger partial charge is 0.313 e. The molecule has 0 radical (unpaired) electrons. The maximum Gasteiger partial charge on any atom is 0.313 e. The Bertz CT molecular complexity index is 1110. The van der Waals surface area contributed by atoms with Crippen LogP contribution < -0.4 is 0 Å². The Morgan fingerprint density at radius 1 is 0.468 bits per heavy atom. The Labute approximate surface area is 271 Å². The Hall–Kier alpha value is -4.25. The maximum atomic E-state index is 12.5. The Morgan fingerprint density at radius 2 is 0.830 bits per heavy atom. The summed E-state index contributed by atoms with van der Waals surface area (Å²) in [5.74, 6) is -6.20. The van der Waals surface area contributed by atoms with Crippen molar-refractivity contribution in [1.29, 1.82) is 0 Å². The SMILES string of the molecule is CC(=O)CC(=O)OC(C)CC(=O)OCC(O)COCC(COC(=O)CC(C)OC(=O)CC(C)=O)OC(=O)CC(C)OC(=O)CC(C)=O. The van der Waals surface area contributed by atoms with Crippen LogP contribution >= 0.6 is 0 Å². The molecule has 17 heteroatoms. The molecule has 5 atom stereocenters. The molecule has 0 bridgehead atoms. The van der Waals surface area contributed by atoms with Gasteiger partial charge in [0.2, 0.25) is 0 Å². The number of hydrogen-bond acceptors (Lipinski definition) is 17. The van der Waals surface area contributed by atoms with Gasteiger partial charge in [0, 0.05) is 0 Å². The van der Waals surface area contributed by atoms with Gasteiger partial charge in [-0.1, -0.05) is 0 Å². The van der Waals surface area contributed by atoms with E-state index in [4.69, 9.17) is 33.2 Å². The Kier molecular flexibility index (Phi) is 21.0. The molecule has 0 rings (SSSR count). The first-order valence-corrected chi connectivity index (χ1v) is 14.7. The lowest BCUT2D eigenvalue weighted by molar-refractivity contribution is -0.169. The van der Waals surface area contributed by atoms with Gasteiger partial charge in [-0.05, 0) is 41.5 Å². The number of Topliss-reactive ketones (excluding diaryl/α,β-unsaturated/α-hetero) is 3. The molecule has 0 aliphatic carbocycles. The van der Waals surface area contributed by atoms with Crippen LogP contribution in [0.4, 0.5) is 0 Å². The van der Waals surface area contributed by atoms with Crippen LogP contribution in [-0.4, -0.2) is 115 Å². The number of ether oxygens (including phenoxy) is 7. The third-order valence-electron chi connectivity index (χ3n) is 5.32. The molecular formula is C30H44O17. The number of carbonyl (C=O) groups excluding carboxylic acids is 9. The number of hydrogen-bond donors (Lipinski definition) is 1. The molecule has 0 aromatic rings. The van der Waals surface area contributed by atoms with Gasteiger partial charge in [0.05, 0.1) is 32.5 Å². The van der Waals surface area contributed by atoms with Gasteiger partial charge < -0.3 is 38.3 Å². The molecule has 47 heavy (non-hydrogen) atoms. The molecule has 0 fully saturated rings. The minimum atomic E-state index is -1.33. The topological polar surface area (TPSA) is 238 Å². The molecule has 0 spiro atoms. The van der Waals surface area contributed by atoms with Crippen molar-refractivity contribution in [3.8, 4) is 0 Å². The summed E-state index contributed by atoms with van der Waals surface area (Å²) < 4.78 is 35.5. The second-order valence-electron chi connectivity index (χ2n) is 10.8. The monoisotopic (exact) mass is 676 g/mol. The molecule has 0 heterocycles. The molecule has 0 aliphatic heterocycles. The summed E-state index contributed by atoms with van der Waals surface area (Å²) in [5.41, 5.74) is 0. The lowest BCUT2D eigenvalue weighted by Crippen LogP contribution is -2.33. The van der Waals surface area contributed by atoms with Crippen LogP contribution in [0.3, 0.4) is 0 Å². The van der Waals surface area contributed by atoms with Crippen molar-refractivity contribution in [2.24, 2.45) is 0 Å². The zero-order chi connectivity index (χ0) is 36.1. The van der Waals surface area contributed by atoms with Crippen LogP contribution in [0.1, 0.15) is 80.1 Å². The quantitative estimate of drug-likeness (QED) is 0.0819. The van der Waals surface area contributed by atoms with Crippen molar-refractivity contribution in [2.75, 3.05) is 26.4 Å². The highest BCUT2D eigenvalue weighted by molar-refractivity contribution is 5.95. The van der Waals surface area contributed by atoms with Crippen molar-refractivity contribution in [3.05, 3.63) is 0 Å². The molecule has 0 amide bonds. The van der Waals surface area contributed by atoms with E-state index in [0.717, 1.165) is 0 Å². The summed E-state index contributed by atoms with van der Waals surface area (Å²) in [4.78, 5) is 105. The standard InChI is InChI=1S/C30H44O17/c1-17(31)7-27(37)44-20(4)10-25(35)42-14-23(34)13-41-15-24(47-30(40)12-22(6)46-29(39)9-19(3)33)16-43-26(36)11-21(5)45-28(38)8-18(2)32/h20-24,34H,7-16H2,1-6H3. The Balaban J connectivity index is 4.97. The van der Waals surface area contributed by atoms with E-state index in [2.05, 4.69) is 0 Å². The van der Waals surface area contributed by atoms with Crippen LogP contribution in [0.15, 0.2) is 0 Å². The maximum absolute atomic E-state index is 12.5. The van der Waals surface area contributed by atoms with E-state index >= 15 is 0 Å². The van der Waals surface area contributed by atoms with Crippen LogP contribution in [0.5, 0.6) is 0 Å². The van der Waals surface area contributed by atoms with Gasteiger partial charge in [0.1, 0.15) is 74.2 Å². The third-order valence-corrected chi connectivity index (χ3v) is 5.32. The van der Waals surface area contributed by atoms with Gasteiger partial charge in [-0.3, -0.25) is 43.2 Å². The van der Waals surface area contributed by atoms with E-state index in [-0.39, 0.29) is 12.8 Å². The molecule has 0 aliphatic rings. The molecule has 17 nitrogen and oxygen atoms in total. The number of ketones is 3. The fourth-order valence-corrected chi connectivity index (χ4v) is 3.46. The molecule has 0 saturated heterocycles. The number of rotatable bonds is 24. The van der Waals surface area contributed by atoms with Crippen molar-refractivity contribution < 1.29 is 81.4 Å². The first-order valence-electron chi connectivity index (χ1n) is 14.7. The van der Waals surface area contributed by atoms with Crippen molar-refractivity contribution >= 4 is 53.2 Å². The minimum Gasteiger partial charge on any atom is -0.463 e. The number of aliphatic hydroxyl groups excluding tert-OH is 1. The number of aliphatic hydroxyl groups is 1. The van der Waals surface area contributed by atoms with Crippen molar-refractivity contribution in [1.82, 2.24) is 0 Å². The van der Waals surface area contributed by atoms with Crippen molar-refractivity contribution in [3.63, 3.8) is 0 Å². The largest absolute Gasteiger partial charge is 0.463 e. The molecular weight excluding hydrogens is 632 g/mol. The zero-order valence-electron chi connectivity index (χ0n) is 27.4. The minimum absolute atomic E-state index is 0.336. The first kappa shape index (κ1) is 42.8. The highest BCUT2D eigenvalue weighted by Crippen LogP contribution is 2.08. The van der Waals surface area contributed by atoms with E-state index in [1.807, 2.05) is 0 Å². The van der Waals surface area contributed by atoms with E-state index in [9.17, 15) is 48.3 Å². The van der Waals surface area contributed by atoms with E-state index in [1.54, 1.807) is 0 Å². The average Bonchev–Trinajstić information content (AvgIpc) is 2.88. The first-order chi connectivity index (χ1) is 21.9. The zero-order valence-corrected chi connectivity index (χ0v) is 27.4. The predicted molar refractivity (Wildman–Crippen MR) is 155 cm³/mol. The molecule has 5 unspecified atom stereocenters. The molecule has 0 saturated carbocycles. The van der Waals surface area contributed by atoms with Crippen molar-refractivity contribution in [2.45, 2.75) is 111 Å². The normalized spacial score (nSPS) is 13.9. The van der Waals surface area contributed by atoms with Gasteiger partial charge in [0.15, 0.2) is 6.10 Å². The average molecular weight is 677 g/mol. The van der Waals surface area contributed by atoms with E-state index in [1.165, 1.54) is 41.5 Å². The van der Waals surface area contributed by atoms with Crippen LogP contribution in [0.2, 0.25) is 0 Å². The fourth-order valence-electron chi connectivity index (χ4n) is 3.46. The molecule has 266 valence electrons. The summed E-state index contributed by atoms with van der Waals surface area (Å²) in [7, 11) is 0. The second kappa shape index (κ2) is 23.1. The van der Waals surface area contributed by atoms with Crippen LogP contribution in [0.25, 0.3) is 0 Å². The predicted octanol–water partition coefficient (Wildman–Crippen LogP) is 0.265.